The summed E-state index contributed by atoms with van der Waals surface area (Å²) in [5.74, 6) is -0.605. The van der Waals surface area contributed by atoms with E-state index in [9.17, 15) is 4.79 Å². The Bertz CT molecular complexity index is 627. The number of aromatic carboxylic acids is 1. The van der Waals surface area contributed by atoms with E-state index in [1.54, 1.807) is 0 Å². The van der Waals surface area contributed by atoms with E-state index in [-0.39, 0.29) is 5.69 Å². The van der Waals surface area contributed by atoms with Crippen LogP contribution in [0, 0.1) is 0 Å². The molecule has 0 radical (unpaired) electrons. The zero-order chi connectivity index (χ0) is 15.8. The van der Waals surface area contributed by atoms with Crippen LogP contribution >= 0.6 is 0 Å². The standard InChI is InChI=1S/C16H17N3O3/c1-12(10-22-11-13-5-3-2-4-6-13)7-18-15-9-17-14(8-19-15)16(20)21/h2-6,8-9H,1,7,10-11H2,(H,18,19)(H,20,21). The van der Waals surface area contributed by atoms with Crippen LogP contribution in [0.5, 0.6) is 0 Å². The summed E-state index contributed by atoms with van der Waals surface area (Å²) in [5.41, 5.74) is 1.88. The number of benzene rings is 1. The van der Waals surface area contributed by atoms with Crippen molar-refractivity contribution in [2.24, 2.45) is 0 Å². The first kappa shape index (κ1) is 15.7. The van der Waals surface area contributed by atoms with Gasteiger partial charge in [-0.3, -0.25) is 0 Å². The summed E-state index contributed by atoms with van der Waals surface area (Å²) in [4.78, 5) is 18.4. The predicted molar refractivity (Wildman–Crippen MR) is 82.7 cm³/mol. The first-order valence-electron chi connectivity index (χ1n) is 6.72. The predicted octanol–water partition coefficient (Wildman–Crippen LogP) is 2.36. The topological polar surface area (TPSA) is 84.3 Å². The molecule has 22 heavy (non-hydrogen) atoms. The van der Waals surface area contributed by atoms with Gasteiger partial charge in [-0.15, -0.1) is 0 Å². The van der Waals surface area contributed by atoms with Crippen molar-refractivity contribution in [1.29, 1.82) is 0 Å². The summed E-state index contributed by atoms with van der Waals surface area (Å²) in [6.07, 6.45) is 2.58. The quantitative estimate of drug-likeness (QED) is 0.728. The highest BCUT2D eigenvalue weighted by molar-refractivity contribution is 5.84. The van der Waals surface area contributed by atoms with Crippen LogP contribution < -0.4 is 5.32 Å². The Kier molecular flexibility index (Phi) is 5.62. The van der Waals surface area contributed by atoms with Crippen molar-refractivity contribution in [2.45, 2.75) is 6.61 Å². The van der Waals surface area contributed by atoms with Crippen LogP contribution in [0.2, 0.25) is 0 Å². The van der Waals surface area contributed by atoms with Crippen LogP contribution in [0.1, 0.15) is 16.1 Å². The van der Waals surface area contributed by atoms with Crippen LogP contribution in [-0.2, 0) is 11.3 Å². The van der Waals surface area contributed by atoms with Crippen molar-refractivity contribution >= 4 is 11.8 Å². The largest absolute Gasteiger partial charge is 0.476 e. The van der Waals surface area contributed by atoms with Crippen molar-refractivity contribution in [3.05, 3.63) is 66.1 Å². The molecular formula is C16H17N3O3. The Morgan fingerprint density at radius 2 is 2.00 bits per heavy atom. The molecule has 0 unspecified atom stereocenters. The molecule has 0 aliphatic rings. The van der Waals surface area contributed by atoms with Crippen LogP contribution in [0.4, 0.5) is 5.82 Å². The average molecular weight is 299 g/mol. The van der Waals surface area contributed by atoms with Crippen LogP contribution in [0.15, 0.2) is 54.9 Å². The molecule has 2 aromatic rings. The minimum Gasteiger partial charge on any atom is -0.476 e. The molecule has 114 valence electrons. The SMILES string of the molecule is C=C(CNc1cnc(C(=O)O)cn1)COCc1ccccc1. The van der Waals surface area contributed by atoms with Crippen LogP contribution in [0.25, 0.3) is 0 Å². The molecule has 2 N–H and O–H groups in total. The lowest BCUT2D eigenvalue weighted by molar-refractivity contribution is 0.0690. The average Bonchev–Trinajstić information content (AvgIpc) is 2.54. The monoisotopic (exact) mass is 299 g/mol. The third kappa shape index (κ3) is 4.99. The Morgan fingerprint density at radius 1 is 1.23 bits per heavy atom. The van der Waals surface area contributed by atoms with E-state index in [0.717, 1.165) is 11.1 Å². The summed E-state index contributed by atoms with van der Waals surface area (Å²) in [6, 6.07) is 9.90. The molecular weight excluding hydrogens is 282 g/mol. The van der Waals surface area contributed by atoms with E-state index >= 15 is 0 Å². The van der Waals surface area contributed by atoms with Crippen LogP contribution in [0.3, 0.4) is 0 Å². The second-order valence-electron chi connectivity index (χ2n) is 4.67. The zero-order valence-electron chi connectivity index (χ0n) is 12.0. The zero-order valence-corrected chi connectivity index (χ0v) is 12.0. The third-order valence-corrected chi connectivity index (χ3v) is 2.81. The number of nitrogens with one attached hydrogen (secondary N) is 1. The number of anilines is 1. The first-order valence-corrected chi connectivity index (χ1v) is 6.72. The highest BCUT2D eigenvalue weighted by Crippen LogP contribution is 2.04. The molecule has 0 bridgehead atoms. The first-order chi connectivity index (χ1) is 10.6. The molecule has 0 aliphatic heterocycles. The van der Waals surface area contributed by atoms with Gasteiger partial charge in [0.2, 0.25) is 0 Å². The number of ether oxygens (including phenoxy) is 1. The van der Waals surface area contributed by atoms with Gasteiger partial charge >= 0.3 is 5.97 Å². The van der Waals surface area contributed by atoms with Crippen molar-refractivity contribution in [3.63, 3.8) is 0 Å². The molecule has 2 rings (SSSR count). The summed E-state index contributed by atoms with van der Waals surface area (Å²) >= 11 is 0. The fourth-order valence-corrected chi connectivity index (χ4v) is 1.68. The van der Waals surface area contributed by atoms with E-state index in [1.165, 1.54) is 12.4 Å². The second kappa shape index (κ2) is 7.90. The molecule has 6 nitrogen and oxygen atoms in total. The molecule has 0 atom stereocenters. The molecule has 1 aromatic carbocycles. The van der Waals surface area contributed by atoms with Crippen LogP contribution in [-0.4, -0.2) is 34.2 Å². The highest BCUT2D eigenvalue weighted by Gasteiger charge is 2.04. The summed E-state index contributed by atoms with van der Waals surface area (Å²) < 4.78 is 5.57. The van der Waals surface area contributed by atoms with E-state index < -0.39 is 5.97 Å². The molecule has 0 amide bonds. The Morgan fingerprint density at radius 3 is 2.64 bits per heavy atom. The number of hydrogen-bond acceptors (Lipinski definition) is 5. The van der Waals surface area contributed by atoms with Crippen molar-refractivity contribution in [3.8, 4) is 0 Å². The van der Waals surface area contributed by atoms with Gasteiger partial charge in [0.15, 0.2) is 5.69 Å². The van der Waals surface area contributed by atoms with Gasteiger partial charge in [-0.1, -0.05) is 36.9 Å². The lowest BCUT2D eigenvalue weighted by Crippen LogP contribution is -2.11. The minimum absolute atomic E-state index is 0.0874. The van der Waals surface area contributed by atoms with Crippen molar-refractivity contribution < 1.29 is 14.6 Å². The highest BCUT2D eigenvalue weighted by atomic mass is 16.5. The Balaban J connectivity index is 1.70. The molecule has 6 heteroatoms. The van der Waals surface area contributed by atoms with Gasteiger partial charge in [-0.25, -0.2) is 14.8 Å². The number of rotatable bonds is 8. The smallest absolute Gasteiger partial charge is 0.356 e. The van der Waals surface area contributed by atoms with Crippen molar-refractivity contribution in [1.82, 2.24) is 9.97 Å². The van der Waals surface area contributed by atoms with Gasteiger partial charge in [-0.05, 0) is 11.1 Å². The van der Waals surface area contributed by atoms with Crippen molar-refractivity contribution in [2.75, 3.05) is 18.5 Å². The van der Waals surface area contributed by atoms with E-state index in [2.05, 4.69) is 21.9 Å². The van der Waals surface area contributed by atoms with E-state index in [0.29, 0.717) is 25.6 Å². The van der Waals surface area contributed by atoms with Gasteiger partial charge < -0.3 is 15.2 Å². The normalized spacial score (nSPS) is 10.2. The van der Waals surface area contributed by atoms with E-state index in [4.69, 9.17) is 9.84 Å². The lowest BCUT2D eigenvalue weighted by atomic mass is 10.2. The Hall–Kier alpha value is -2.73. The summed E-state index contributed by atoms with van der Waals surface area (Å²) in [6.45, 7) is 5.37. The second-order valence-corrected chi connectivity index (χ2v) is 4.67. The molecule has 1 aromatic heterocycles. The minimum atomic E-state index is -1.10. The summed E-state index contributed by atoms with van der Waals surface area (Å²) in [5, 5.41) is 11.7. The number of nitrogens with zero attached hydrogens (tertiary/aromatic N) is 2. The number of carboxylic acids is 1. The number of carboxylic acid groups (broad SMARTS) is 1. The number of hydrogen-bond donors (Lipinski definition) is 2. The molecule has 1 heterocycles. The van der Waals surface area contributed by atoms with Gasteiger partial charge in [0, 0.05) is 6.54 Å². The molecule has 0 saturated heterocycles. The fourth-order valence-electron chi connectivity index (χ4n) is 1.68. The molecule has 0 fully saturated rings. The van der Waals surface area contributed by atoms with Gasteiger partial charge in [0.25, 0.3) is 0 Å². The molecule has 0 spiro atoms. The van der Waals surface area contributed by atoms with Gasteiger partial charge in [0.1, 0.15) is 5.82 Å². The van der Waals surface area contributed by atoms with Gasteiger partial charge in [0.05, 0.1) is 25.6 Å². The van der Waals surface area contributed by atoms with Gasteiger partial charge in [-0.2, -0.15) is 0 Å². The molecule has 0 saturated carbocycles. The Labute approximate surface area is 128 Å². The lowest BCUT2D eigenvalue weighted by Gasteiger charge is -2.09. The van der Waals surface area contributed by atoms with E-state index in [1.807, 2.05) is 30.3 Å². The maximum atomic E-state index is 10.7. The summed E-state index contributed by atoms with van der Waals surface area (Å²) in [7, 11) is 0. The maximum Gasteiger partial charge on any atom is 0.356 e. The maximum absolute atomic E-state index is 10.7. The number of aromatic nitrogens is 2. The third-order valence-electron chi connectivity index (χ3n) is 2.81. The fraction of sp³-hybridized carbons (Fsp3) is 0.188. The number of carbonyl (C=O) groups is 1. The molecule has 0 aliphatic carbocycles.